The Morgan fingerprint density at radius 3 is 2.49 bits per heavy atom. The van der Waals surface area contributed by atoms with Crippen LogP contribution in [-0.2, 0) is 11.2 Å². The third-order valence-corrected chi connectivity index (χ3v) is 7.56. The fourth-order valence-corrected chi connectivity index (χ4v) is 5.69. The number of carbonyl (C=O) groups is 2. The van der Waals surface area contributed by atoms with E-state index in [0.29, 0.717) is 46.1 Å². The topological polar surface area (TPSA) is 104 Å². The minimum Gasteiger partial charge on any atom is -0.394 e. The van der Waals surface area contributed by atoms with Gasteiger partial charge in [0, 0.05) is 28.2 Å². The third kappa shape index (κ3) is 7.24. The van der Waals surface area contributed by atoms with Crippen molar-refractivity contribution in [3.8, 4) is 0 Å². The number of rotatable bonds is 11. The fraction of sp³-hybridized carbons (Fsp3) is 0.219. The van der Waals surface area contributed by atoms with Gasteiger partial charge in [-0.15, -0.1) is 0 Å². The molecule has 0 bridgehead atoms. The Labute approximate surface area is 249 Å². The average Bonchev–Trinajstić information content (AvgIpc) is 2.98. The van der Waals surface area contributed by atoms with E-state index in [9.17, 15) is 14.7 Å². The number of nitrogens with zero attached hydrogens (tertiary/aromatic N) is 1. The van der Waals surface area contributed by atoms with E-state index in [2.05, 4.69) is 5.32 Å². The molecule has 3 aromatic rings. The van der Waals surface area contributed by atoms with Crippen molar-refractivity contribution in [3.05, 3.63) is 129 Å². The second kappa shape index (κ2) is 14.6. The van der Waals surface area contributed by atoms with Gasteiger partial charge in [0.2, 0.25) is 12.1 Å². The lowest BCUT2D eigenvalue weighted by Crippen LogP contribution is -2.63. The Hall–Kier alpha value is -3.91. The molecule has 3 atom stereocenters. The Balaban J connectivity index is 1.74. The van der Waals surface area contributed by atoms with Crippen LogP contribution in [0.4, 0.5) is 0 Å². The van der Waals surface area contributed by atoms with Gasteiger partial charge >= 0.3 is 0 Å². The zero-order chi connectivity index (χ0) is 29.2. The molecule has 0 saturated carbocycles. The zero-order valence-corrected chi connectivity index (χ0v) is 23.8. The van der Waals surface area contributed by atoms with E-state index in [1.807, 2.05) is 53.7 Å². The Morgan fingerprint density at radius 2 is 1.76 bits per heavy atom. The monoisotopic (exact) mass is 592 g/mol. The molecule has 0 aliphatic carbocycles. The molecule has 2 amide bonds. The first-order valence-electron chi connectivity index (χ1n) is 13.3. The maximum Gasteiger partial charge on any atom is 0.255 e. The number of nitrogens with one attached hydrogen (secondary N) is 2. The van der Waals surface area contributed by atoms with Crippen LogP contribution >= 0.6 is 23.2 Å². The highest BCUT2D eigenvalue weighted by Crippen LogP contribution is 2.46. The van der Waals surface area contributed by atoms with Crippen molar-refractivity contribution in [2.24, 2.45) is 0 Å². The number of amides is 2. The molecule has 41 heavy (non-hydrogen) atoms. The van der Waals surface area contributed by atoms with Gasteiger partial charge in [-0.05, 0) is 52.9 Å². The summed E-state index contributed by atoms with van der Waals surface area (Å²) in [6.07, 6.45) is 9.41. The summed E-state index contributed by atoms with van der Waals surface area (Å²) < 4.78 is 0. The van der Waals surface area contributed by atoms with Gasteiger partial charge in [-0.3, -0.25) is 14.8 Å². The van der Waals surface area contributed by atoms with Crippen LogP contribution in [0.25, 0.3) is 0 Å². The summed E-state index contributed by atoms with van der Waals surface area (Å²) in [5.41, 5.74) is 2.54. The maximum absolute atomic E-state index is 14.1. The van der Waals surface area contributed by atoms with Gasteiger partial charge in [-0.2, -0.15) is 0 Å². The number of aliphatic hydroxyl groups is 1. The number of halogens is 2. The molecule has 212 valence electrons. The highest BCUT2D eigenvalue weighted by Gasteiger charge is 2.47. The van der Waals surface area contributed by atoms with Crippen LogP contribution in [0.3, 0.4) is 0 Å². The summed E-state index contributed by atoms with van der Waals surface area (Å²) in [6.45, 7) is 0.0622. The summed E-state index contributed by atoms with van der Waals surface area (Å²) in [7, 11) is 0. The lowest BCUT2D eigenvalue weighted by Gasteiger charge is -2.45. The van der Waals surface area contributed by atoms with E-state index < -0.39 is 18.0 Å². The van der Waals surface area contributed by atoms with Crippen molar-refractivity contribution in [1.82, 2.24) is 10.2 Å². The zero-order valence-electron chi connectivity index (χ0n) is 22.3. The first-order chi connectivity index (χ1) is 20.0. The summed E-state index contributed by atoms with van der Waals surface area (Å²) in [5, 5.41) is 24.9. The number of hydrogen-bond acceptors (Lipinski definition) is 4. The Bertz CT molecular complexity index is 1440. The molecule has 0 saturated heterocycles. The SMILES string of the molecule is O=C(NCC/C=C/C=C\C=[NH+]O)[C@@H]1c2ccccc2C(=O)N([C@H](CO)Cc2ccccc2)[C@H]1c1ccc(Cl)cc1Cl. The smallest absolute Gasteiger partial charge is 0.255 e. The van der Waals surface area contributed by atoms with Crippen molar-refractivity contribution >= 4 is 41.2 Å². The van der Waals surface area contributed by atoms with Crippen LogP contribution in [0.1, 0.15) is 45.4 Å². The Morgan fingerprint density at radius 1 is 1.00 bits per heavy atom. The number of hydrogen-bond donors (Lipinski definition) is 4. The molecule has 4 N–H and O–H groups in total. The second-order valence-corrected chi connectivity index (χ2v) is 10.4. The standard InChI is InChI=1S/C32H31Cl2N3O4/c33-23-15-16-27(28(34)20-23)30-29(31(39)35-17-9-2-1-3-10-18-36-41)25-13-7-8-14-26(25)32(40)37(30)24(21-38)19-22-11-5-4-6-12-22/h1-8,10-16,18,20,24,29-30,38,41H,9,17,19,21H2,(H,35,39)/p+1/b2-1+,10-3-,36-18?/t24-,29+,30-/m0/s1. The summed E-state index contributed by atoms with van der Waals surface area (Å²) >= 11 is 12.9. The highest BCUT2D eigenvalue weighted by atomic mass is 35.5. The van der Waals surface area contributed by atoms with Crippen LogP contribution in [0, 0.1) is 0 Å². The number of aliphatic hydroxyl groups excluding tert-OH is 1. The van der Waals surface area contributed by atoms with Gasteiger partial charge in [0.25, 0.3) is 5.91 Å². The largest absolute Gasteiger partial charge is 0.394 e. The van der Waals surface area contributed by atoms with E-state index in [4.69, 9.17) is 28.4 Å². The molecule has 1 aliphatic heterocycles. The van der Waals surface area contributed by atoms with E-state index in [1.165, 1.54) is 6.21 Å². The molecule has 0 unspecified atom stereocenters. The van der Waals surface area contributed by atoms with Crippen molar-refractivity contribution in [1.29, 1.82) is 0 Å². The van der Waals surface area contributed by atoms with Crippen LogP contribution in [-0.4, -0.2) is 52.4 Å². The van der Waals surface area contributed by atoms with Crippen LogP contribution in [0.5, 0.6) is 0 Å². The molecule has 3 aromatic carbocycles. The lowest BCUT2D eigenvalue weighted by atomic mass is 9.78. The molecule has 0 fully saturated rings. The van der Waals surface area contributed by atoms with Gasteiger partial charge in [-0.25, -0.2) is 0 Å². The molecule has 0 spiro atoms. The van der Waals surface area contributed by atoms with E-state index in [-0.39, 0.29) is 18.4 Å². The molecule has 0 radical (unpaired) electrons. The summed E-state index contributed by atoms with van der Waals surface area (Å²) in [4.78, 5) is 29.7. The predicted octanol–water partition coefficient (Wildman–Crippen LogP) is 4.04. The summed E-state index contributed by atoms with van der Waals surface area (Å²) in [5.74, 6) is -1.33. The molecule has 1 aliphatic rings. The van der Waals surface area contributed by atoms with Crippen molar-refractivity contribution in [3.63, 3.8) is 0 Å². The molecular weight excluding hydrogens is 561 g/mol. The number of carbonyl (C=O) groups excluding carboxylic acids is 2. The highest BCUT2D eigenvalue weighted by molar-refractivity contribution is 6.35. The van der Waals surface area contributed by atoms with Crippen molar-refractivity contribution < 1.29 is 25.1 Å². The van der Waals surface area contributed by atoms with E-state index >= 15 is 0 Å². The second-order valence-electron chi connectivity index (χ2n) is 9.60. The maximum atomic E-state index is 14.1. The number of benzene rings is 3. The van der Waals surface area contributed by atoms with Gasteiger partial charge in [0.1, 0.15) is 0 Å². The molecule has 7 nitrogen and oxygen atoms in total. The summed E-state index contributed by atoms with van der Waals surface area (Å²) in [6, 6.07) is 20.3. The quantitative estimate of drug-likeness (QED) is 0.0887. The number of allylic oxidation sites excluding steroid dienone is 3. The molecule has 0 aromatic heterocycles. The molecule has 4 rings (SSSR count). The van der Waals surface area contributed by atoms with Crippen LogP contribution in [0.2, 0.25) is 10.0 Å². The first kappa shape index (κ1) is 30.1. The van der Waals surface area contributed by atoms with Gasteiger partial charge in [0.05, 0.1) is 24.6 Å². The first-order valence-corrected chi connectivity index (χ1v) is 14.1. The average molecular weight is 594 g/mol. The third-order valence-electron chi connectivity index (χ3n) is 7.00. The van der Waals surface area contributed by atoms with Gasteiger partial charge in [0.15, 0.2) is 0 Å². The predicted molar refractivity (Wildman–Crippen MR) is 160 cm³/mol. The van der Waals surface area contributed by atoms with Crippen molar-refractivity contribution in [2.75, 3.05) is 13.2 Å². The van der Waals surface area contributed by atoms with Crippen LogP contribution < -0.4 is 10.5 Å². The lowest BCUT2D eigenvalue weighted by molar-refractivity contribution is -0.733. The van der Waals surface area contributed by atoms with Gasteiger partial charge in [-0.1, -0.05) is 96.0 Å². The minimum atomic E-state index is -0.790. The molecule has 1 heterocycles. The van der Waals surface area contributed by atoms with Gasteiger partial charge < -0.3 is 15.3 Å². The minimum absolute atomic E-state index is 0.260. The van der Waals surface area contributed by atoms with Crippen LogP contribution in [0.15, 0.2) is 97.1 Å². The molecular formula is C32H32Cl2N3O4+. The van der Waals surface area contributed by atoms with E-state index in [0.717, 1.165) is 5.56 Å². The van der Waals surface area contributed by atoms with Crippen molar-refractivity contribution in [2.45, 2.75) is 30.8 Å². The normalized spacial score (nSPS) is 17.8. The Kier molecular flexibility index (Phi) is 10.7. The number of fused-ring (bicyclic) bond motifs is 1. The fourth-order valence-electron chi connectivity index (χ4n) is 5.17. The molecule has 9 heteroatoms. The van der Waals surface area contributed by atoms with E-state index in [1.54, 1.807) is 53.5 Å².